The highest BCUT2D eigenvalue weighted by Gasteiger charge is 2.15. The predicted octanol–water partition coefficient (Wildman–Crippen LogP) is 4.94. The number of anilines is 1. The van der Waals surface area contributed by atoms with Gasteiger partial charge in [-0.05, 0) is 61.6 Å². The maximum atomic E-state index is 12.8. The van der Waals surface area contributed by atoms with Gasteiger partial charge in [0.2, 0.25) is 0 Å². The summed E-state index contributed by atoms with van der Waals surface area (Å²) in [7, 11) is 1.62. The summed E-state index contributed by atoms with van der Waals surface area (Å²) in [6, 6.07) is 12.4. The molecule has 0 spiro atoms. The lowest BCUT2D eigenvalue weighted by Crippen LogP contribution is -2.22. The number of nitrogens with zero attached hydrogens (tertiary/aromatic N) is 2. The van der Waals surface area contributed by atoms with Gasteiger partial charge in [0, 0.05) is 22.5 Å². The van der Waals surface area contributed by atoms with E-state index in [1.807, 2.05) is 31.2 Å². The normalized spacial score (nSPS) is 10.8. The topological polar surface area (TPSA) is 89.0 Å². The summed E-state index contributed by atoms with van der Waals surface area (Å²) in [5, 5.41) is 3.79. The Labute approximate surface area is 193 Å². The number of allylic oxidation sites excluding steroid dienone is 1. The van der Waals surface area contributed by atoms with Gasteiger partial charge in [-0.1, -0.05) is 6.08 Å². The Hall–Kier alpha value is -3.56. The Kier molecular flexibility index (Phi) is 6.02. The maximum absolute atomic E-state index is 12.8. The second kappa shape index (κ2) is 8.89. The molecule has 2 heterocycles. The van der Waals surface area contributed by atoms with E-state index in [0.717, 1.165) is 21.9 Å². The molecule has 4 aromatic rings. The quantitative estimate of drug-likeness (QED) is 0.312. The molecule has 2 N–H and O–H groups in total. The monoisotopic (exact) mass is 464 g/mol. The molecule has 2 aromatic heterocycles. The fraction of sp³-hybridized carbons (Fsp3) is 0.130. The van der Waals surface area contributed by atoms with E-state index in [-0.39, 0.29) is 16.2 Å². The fourth-order valence-corrected chi connectivity index (χ4v) is 4.42. The number of methoxy groups -OCH3 is 1. The van der Waals surface area contributed by atoms with Crippen molar-refractivity contribution in [2.45, 2.75) is 13.5 Å². The number of aryl methyl sites for hydroxylation is 1. The molecule has 7 nitrogen and oxygen atoms in total. The summed E-state index contributed by atoms with van der Waals surface area (Å²) >= 11 is 6.67. The Morgan fingerprint density at radius 2 is 2.06 bits per heavy atom. The fourth-order valence-electron chi connectivity index (χ4n) is 3.33. The van der Waals surface area contributed by atoms with E-state index in [4.69, 9.17) is 17.0 Å². The van der Waals surface area contributed by atoms with Crippen LogP contribution in [0.3, 0.4) is 0 Å². The van der Waals surface area contributed by atoms with E-state index < -0.39 is 0 Å². The van der Waals surface area contributed by atoms with Crippen LogP contribution in [-0.4, -0.2) is 27.6 Å². The van der Waals surface area contributed by atoms with Crippen molar-refractivity contribution in [3.8, 4) is 17.0 Å². The van der Waals surface area contributed by atoms with Crippen molar-refractivity contribution in [1.29, 1.82) is 0 Å². The van der Waals surface area contributed by atoms with Crippen LogP contribution in [0.5, 0.6) is 5.75 Å². The van der Waals surface area contributed by atoms with Crippen LogP contribution in [0.15, 0.2) is 59.9 Å². The molecule has 0 atom stereocenters. The molecule has 0 saturated carbocycles. The number of hydrogen-bond donors (Lipinski definition) is 2. The highest BCUT2D eigenvalue weighted by atomic mass is 32.1. The second-order valence-corrected chi connectivity index (χ2v) is 8.59. The molecule has 0 aliphatic heterocycles. The highest BCUT2D eigenvalue weighted by Crippen LogP contribution is 2.31. The molecule has 0 bridgehead atoms. The van der Waals surface area contributed by atoms with Crippen molar-refractivity contribution in [3.05, 3.63) is 80.7 Å². The van der Waals surface area contributed by atoms with E-state index >= 15 is 0 Å². The largest absolute Gasteiger partial charge is 0.497 e. The highest BCUT2D eigenvalue weighted by molar-refractivity contribution is 7.71. The van der Waals surface area contributed by atoms with Gasteiger partial charge in [-0.3, -0.25) is 19.5 Å². The van der Waals surface area contributed by atoms with E-state index in [2.05, 4.69) is 21.9 Å². The van der Waals surface area contributed by atoms with Gasteiger partial charge in [0.25, 0.3) is 11.5 Å². The van der Waals surface area contributed by atoms with Crippen LogP contribution in [0.2, 0.25) is 0 Å². The molecular formula is C23H20N4O3S2. The molecule has 0 radical (unpaired) electrons. The molecule has 1 amide bonds. The Morgan fingerprint density at radius 3 is 2.75 bits per heavy atom. The van der Waals surface area contributed by atoms with Crippen molar-refractivity contribution < 1.29 is 9.53 Å². The smallest absolute Gasteiger partial charge is 0.262 e. The van der Waals surface area contributed by atoms with Crippen LogP contribution in [-0.2, 0) is 6.54 Å². The number of carbonyl (C=O) groups is 1. The molecule has 0 unspecified atom stereocenters. The molecule has 0 aliphatic carbocycles. The summed E-state index contributed by atoms with van der Waals surface area (Å²) in [6.07, 6.45) is 1.61. The van der Waals surface area contributed by atoms with E-state index in [1.165, 1.54) is 15.9 Å². The van der Waals surface area contributed by atoms with E-state index in [0.29, 0.717) is 28.1 Å². The molecule has 4 rings (SSSR count). The SMILES string of the molecule is C=CCn1c(=S)[nH]c2cc(C(=O)Nc3nc(-c4ccc(OC)cc4)c(C)s3)ccc2c1=O. The third-order valence-corrected chi connectivity index (χ3v) is 6.14. The molecule has 0 fully saturated rings. The number of ether oxygens (including phenoxy) is 1. The Morgan fingerprint density at radius 1 is 1.31 bits per heavy atom. The number of H-pyrrole nitrogens is 1. The second-order valence-electron chi connectivity index (χ2n) is 7.00. The molecule has 32 heavy (non-hydrogen) atoms. The third kappa shape index (κ3) is 4.12. The average Bonchev–Trinajstić information content (AvgIpc) is 3.16. The van der Waals surface area contributed by atoms with Crippen LogP contribution in [0.25, 0.3) is 22.2 Å². The van der Waals surface area contributed by atoms with Gasteiger partial charge >= 0.3 is 0 Å². The number of thiazole rings is 1. The van der Waals surface area contributed by atoms with E-state index in [9.17, 15) is 9.59 Å². The lowest BCUT2D eigenvalue weighted by molar-refractivity contribution is 0.102. The van der Waals surface area contributed by atoms with Crippen LogP contribution in [0.4, 0.5) is 5.13 Å². The average molecular weight is 465 g/mol. The molecule has 0 aliphatic rings. The molecule has 162 valence electrons. The number of amides is 1. The summed E-state index contributed by atoms with van der Waals surface area (Å²) < 4.78 is 6.89. The first kappa shape index (κ1) is 21.7. The van der Waals surface area contributed by atoms with Crippen LogP contribution < -0.4 is 15.6 Å². The van der Waals surface area contributed by atoms with Crippen LogP contribution in [0.1, 0.15) is 15.2 Å². The Balaban J connectivity index is 1.61. The maximum Gasteiger partial charge on any atom is 0.262 e. The lowest BCUT2D eigenvalue weighted by Gasteiger charge is -2.07. The molecule has 2 aromatic carbocycles. The van der Waals surface area contributed by atoms with Gasteiger partial charge in [-0.25, -0.2) is 4.98 Å². The molecular weight excluding hydrogens is 444 g/mol. The summed E-state index contributed by atoms with van der Waals surface area (Å²) in [4.78, 5) is 34.1. The summed E-state index contributed by atoms with van der Waals surface area (Å²) in [5.74, 6) is 0.443. The van der Waals surface area contributed by atoms with Gasteiger partial charge in [0.15, 0.2) is 9.90 Å². The lowest BCUT2D eigenvalue weighted by atomic mass is 10.1. The third-order valence-electron chi connectivity index (χ3n) is 4.94. The van der Waals surface area contributed by atoms with Crippen molar-refractivity contribution in [3.63, 3.8) is 0 Å². The number of carbonyl (C=O) groups excluding carboxylic acids is 1. The Bertz CT molecular complexity index is 1450. The van der Waals surface area contributed by atoms with Crippen molar-refractivity contribution in [2.24, 2.45) is 0 Å². The number of nitrogens with one attached hydrogen (secondary N) is 2. The van der Waals surface area contributed by atoms with Gasteiger partial charge < -0.3 is 9.72 Å². The van der Waals surface area contributed by atoms with Crippen molar-refractivity contribution in [2.75, 3.05) is 12.4 Å². The number of aromatic nitrogens is 3. The number of fused-ring (bicyclic) bond motifs is 1. The number of aromatic amines is 1. The van der Waals surface area contributed by atoms with Gasteiger partial charge in [-0.2, -0.15) is 0 Å². The first-order valence-corrected chi connectivity index (χ1v) is 10.9. The predicted molar refractivity (Wildman–Crippen MR) is 130 cm³/mol. The van der Waals surface area contributed by atoms with Crippen LogP contribution in [0, 0.1) is 11.7 Å². The minimum atomic E-state index is -0.323. The minimum Gasteiger partial charge on any atom is -0.497 e. The van der Waals surface area contributed by atoms with Gasteiger partial charge in [0.1, 0.15) is 5.75 Å². The first-order chi connectivity index (χ1) is 15.4. The number of rotatable bonds is 6. The zero-order chi connectivity index (χ0) is 22.8. The van der Waals surface area contributed by atoms with Gasteiger partial charge in [-0.15, -0.1) is 17.9 Å². The van der Waals surface area contributed by atoms with Crippen LogP contribution >= 0.6 is 23.6 Å². The summed E-state index contributed by atoms with van der Waals surface area (Å²) in [6.45, 7) is 5.91. The number of benzene rings is 2. The van der Waals surface area contributed by atoms with Crippen molar-refractivity contribution >= 4 is 45.5 Å². The zero-order valence-electron chi connectivity index (χ0n) is 17.5. The van der Waals surface area contributed by atoms with Gasteiger partial charge in [0.05, 0.1) is 23.7 Å². The zero-order valence-corrected chi connectivity index (χ0v) is 19.1. The molecule has 0 saturated heterocycles. The minimum absolute atomic E-state index is 0.227. The summed E-state index contributed by atoms with van der Waals surface area (Å²) in [5.41, 5.74) is 2.41. The van der Waals surface area contributed by atoms with Crippen molar-refractivity contribution in [1.82, 2.24) is 14.5 Å². The van der Waals surface area contributed by atoms with E-state index in [1.54, 1.807) is 31.4 Å². The number of hydrogen-bond acceptors (Lipinski definition) is 6. The molecule has 9 heteroatoms. The standard InChI is InChI=1S/C23H20N4O3S2/c1-4-11-27-21(29)17-10-7-15(12-18(17)24-23(27)31)20(28)26-22-25-19(13(2)32-22)14-5-8-16(30-3)9-6-14/h4-10,12H,1,11H2,2-3H3,(H,24,31)(H,25,26,28). The first-order valence-electron chi connectivity index (χ1n) is 9.72.